The average Bonchev–Trinajstić information content (AvgIpc) is 3.61. The summed E-state index contributed by atoms with van der Waals surface area (Å²) in [4.78, 5) is 25.8. The van der Waals surface area contributed by atoms with E-state index >= 15 is 0 Å². The molecule has 0 radical (unpaired) electrons. The van der Waals surface area contributed by atoms with Crippen molar-refractivity contribution in [2.24, 2.45) is 56.7 Å². The topological polar surface area (TPSA) is 96.4 Å². The number of aliphatic carboxylic acids is 1. The summed E-state index contributed by atoms with van der Waals surface area (Å²) >= 11 is 0. The second-order valence-corrected chi connectivity index (χ2v) is 17.1. The van der Waals surface area contributed by atoms with Crippen molar-refractivity contribution in [1.82, 2.24) is 0 Å². The highest BCUT2D eigenvalue weighted by molar-refractivity contribution is 5.76. The van der Waals surface area contributed by atoms with Crippen LogP contribution in [0, 0.1) is 56.7 Å². The summed E-state index contributed by atoms with van der Waals surface area (Å²) in [5.41, 5.74) is -0.875. The number of epoxide rings is 1. The van der Waals surface area contributed by atoms with Gasteiger partial charge >= 0.3 is 11.9 Å². The maximum Gasteiger partial charge on any atom is 0.309 e. The third-order valence-corrected chi connectivity index (χ3v) is 15.5. The molecular formula is C36H58O6. The highest BCUT2D eigenvalue weighted by Gasteiger charge is 2.74. The van der Waals surface area contributed by atoms with Crippen LogP contribution >= 0.6 is 0 Å². The van der Waals surface area contributed by atoms with Gasteiger partial charge in [0.2, 0.25) is 0 Å². The number of unbranched alkanes of at least 4 members (excludes halogenated alkanes) is 2. The van der Waals surface area contributed by atoms with Crippen molar-refractivity contribution in [3.63, 3.8) is 0 Å². The van der Waals surface area contributed by atoms with Gasteiger partial charge < -0.3 is 19.7 Å². The Kier molecular flexibility index (Phi) is 7.49. The van der Waals surface area contributed by atoms with Crippen LogP contribution < -0.4 is 0 Å². The van der Waals surface area contributed by atoms with Crippen LogP contribution in [0.3, 0.4) is 0 Å². The number of aliphatic hydroxyl groups is 1. The molecule has 0 bridgehead atoms. The summed E-state index contributed by atoms with van der Waals surface area (Å²) in [5.74, 6) is 0.857. The van der Waals surface area contributed by atoms with Crippen LogP contribution in [0.15, 0.2) is 0 Å². The number of rotatable bonds is 8. The molecule has 42 heavy (non-hydrogen) atoms. The number of carboxylic acid groups (broad SMARTS) is 1. The largest absolute Gasteiger partial charge is 0.481 e. The lowest BCUT2D eigenvalue weighted by atomic mass is 9.32. The number of fused-ring (bicyclic) bond motifs is 7. The van der Waals surface area contributed by atoms with E-state index in [0.29, 0.717) is 37.2 Å². The predicted octanol–water partition coefficient (Wildman–Crippen LogP) is 7.41. The van der Waals surface area contributed by atoms with Gasteiger partial charge in [0.15, 0.2) is 0 Å². The number of hydrogen-bond acceptors (Lipinski definition) is 5. The molecule has 6 aliphatic rings. The molecule has 0 aromatic carbocycles. The molecule has 11 atom stereocenters. The highest BCUT2D eigenvalue weighted by atomic mass is 16.6. The van der Waals surface area contributed by atoms with Gasteiger partial charge in [-0.3, -0.25) is 9.59 Å². The van der Waals surface area contributed by atoms with Gasteiger partial charge in [0.05, 0.1) is 18.1 Å². The Morgan fingerprint density at radius 3 is 2.24 bits per heavy atom. The summed E-state index contributed by atoms with van der Waals surface area (Å²) < 4.78 is 12.0. The monoisotopic (exact) mass is 586 g/mol. The maximum absolute atomic E-state index is 13.2. The molecular weight excluding hydrogens is 528 g/mol. The summed E-state index contributed by atoms with van der Waals surface area (Å²) in [5, 5.41) is 21.9. The lowest BCUT2D eigenvalue weighted by molar-refractivity contribution is -0.250. The van der Waals surface area contributed by atoms with Gasteiger partial charge in [-0.1, -0.05) is 54.4 Å². The van der Waals surface area contributed by atoms with Crippen LogP contribution in [0.4, 0.5) is 0 Å². The fourth-order valence-electron chi connectivity index (χ4n) is 12.8. The minimum Gasteiger partial charge on any atom is -0.481 e. The standard InChI is InChI=1S/C36H58O6/c1-7-8-9-10-28(38)41-21-36(22-42-36)24-13-18-35(30(39)40)20-19-33(5)23(29(24)35)11-12-26-32(4)16-15-27(37)31(2,3)25(32)14-17-34(26,33)6/h23-27,29,37H,7-22H2,1-6H3,(H,39,40)/t23?,24-,25?,26?,27-,29?,32+,33-,34-,35+,36?/m1/s1. The van der Waals surface area contributed by atoms with Crippen LogP contribution in [-0.4, -0.2) is 47.1 Å². The molecule has 238 valence electrons. The van der Waals surface area contributed by atoms with E-state index in [1.54, 1.807) is 0 Å². The van der Waals surface area contributed by atoms with Gasteiger partial charge in [-0.25, -0.2) is 0 Å². The maximum atomic E-state index is 13.2. The van der Waals surface area contributed by atoms with Gasteiger partial charge in [0.1, 0.15) is 12.2 Å². The quantitative estimate of drug-likeness (QED) is 0.175. The molecule has 5 unspecified atom stereocenters. The molecule has 1 saturated heterocycles. The van der Waals surface area contributed by atoms with Crippen molar-refractivity contribution in [1.29, 1.82) is 0 Å². The average molecular weight is 587 g/mol. The fourth-order valence-corrected chi connectivity index (χ4v) is 12.8. The predicted molar refractivity (Wildman–Crippen MR) is 162 cm³/mol. The van der Waals surface area contributed by atoms with Crippen molar-refractivity contribution in [3.05, 3.63) is 0 Å². The van der Waals surface area contributed by atoms with Crippen LogP contribution in [0.2, 0.25) is 0 Å². The number of hydrogen-bond donors (Lipinski definition) is 2. The number of aliphatic hydroxyl groups excluding tert-OH is 1. The number of carbonyl (C=O) groups is 2. The second-order valence-electron chi connectivity index (χ2n) is 17.1. The lowest BCUT2D eigenvalue weighted by Crippen LogP contribution is -2.67. The summed E-state index contributed by atoms with van der Waals surface area (Å²) in [7, 11) is 0. The Balaban J connectivity index is 1.30. The second kappa shape index (κ2) is 10.2. The van der Waals surface area contributed by atoms with Crippen LogP contribution in [0.5, 0.6) is 0 Å². The van der Waals surface area contributed by atoms with Crippen molar-refractivity contribution >= 4 is 11.9 Å². The molecule has 6 fully saturated rings. The minimum atomic E-state index is -0.694. The van der Waals surface area contributed by atoms with Gasteiger partial charge in [0.25, 0.3) is 0 Å². The lowest BCUT2D eigenvalue weighted by Gasteiger charge is -2.72. The number of esters is 1. The Morgan fingerprint density at radius 2 is 1.57 bits per heavy atom. The van der Waals surface area contributed by atoms with Gasteiger partial charge in [-0.15, -0.1) is 0 Å². The summed E-state index contributed by atoms with van der Waals surface area (Å²) in [6.07, 6.45) is 13.0. The molecule has 0 aromatic heterocycles. The smallest absolute Gasteiger partial charge is 0.309 e. The third kappa shape index (κ3) is 4.15. The van der Waals surface area contributed by atoms with Crippen LogP contribution in [0.1, 0.15) is 131 Å². The molecule has 6 nitrogen and oxygen atoms in total. The van der Waals surface area contributed by atoms with E-state index in [-0.39, 0.29) is 52.2 Å². The van der Waals surface area contributed by atoms with Gasteiger partial charge in [-0.2, -0.15) is 0 Å². The summed E-state index contributed by atoms with van der Waals surface area (Å²) in [6.45, 7) is 15.2. The van der Waals surface area contributed by atoms with Crippen LogP contribution in [-0.2, 0) is 19.1 Å². The third-order valence-electron chi connectivity index (χ3n) is 15.5. The Labute approximate surface area is 254 Å². The van der Waals surface area contributed by atoms with E-state index in [2.05, 4.69) is 41.5 Å². The van der Waals surface area contributed by atoms with E-state index in [9.17, 15) is 19.8 Å². The SMILES string of the molecule is CCCCCC(=O)OCC1([C@@H]2CC[C@]3(C(=O)O)CC[C@]4(C)C(CCC5[C@@]6(C)CC[C@@H](O)C(C)(C)C6CC[C@]54C)C23)CO1. The molecule has 6 heteroatoms. The highest BCUT2D eigenvalue weighted by Crippen LogP contribution is 2.78. The first kappa shape index (κ1) is 30.9. The normalized spacial score (nSPS) is 50.5. The first-order chi connectivity index (χ1) is 19.7. The van der Waals surface area contributed by atoms with E-state index in [1.165, 1.54) is 0 Å². The molecule has 0 aromatic rings. The number of ether oxygens (including phenoxy) is 2. The van der Waals surface area contributed by atoms with E-state index in [0.717, 1.165) is 77.0 Å². The number of carbonyl (C=O) groups excluding carboxylic acids is 1. The molecule has 0 amide bonds. The number of carboxylic acids is 1. The van der Waals surface area contributed by atoms with Crippen molar-refractivity contribution in [3.8, 4) is 0 Å². The minimum absolute atomic E-state index is 0.0583. The Bertz CT molecular complexity index is 1080. The first-order valence-corrected chi connectivity index (χ1v) is 17.4. The van der Waals surface area contributed by atoms with Crippen molar-refractivity contribution in [2.75, 3.05) is 13.2 Å². The molecule has 5 aliphatic carbocycles. The van der Waals surface area contributed by atoms with Gasteiger partial charge in [-0.05, 0) is 122 Å². The molecule has 2 N–H and O–H groups in total. The Morgan fingerprint density at radius 1 is 0.833 bits per heavy atom. The first-order valence-electron chi connectivity index (χ1n) is 17.4. The molecule has 0 spiro atoms. The zero-order valence-electron chi connectivity index (χ0n) is 27.3. The van der Waals surface area contributed by atoms with Crippen molar-refractivity contribution < 1.29 is 29.3 Å². The van der Waals surface area contributed by atoms with E-state index in [4.69, 9.17) is 9.47 Å². The molecule has 5 saturated carbocycles. The van der Waals surface area contributed by atoms with Gasteiger partial charge in [0, 0.05) is 6.42 Å². The van der Waals surface area contributed by atoms with E-state index in [1.807, 2.05) is 0 Å². The van der Waals surface area contributed by atoms with Crippen molar-refractivity contribution in [2.45, 2.75) is 143 Å². The molecule has 6 rings (SSSR count). The summed E-state index contributed by atoms with van der Waals surface area (Å²) in [6, 6.07) is 0. The zero-order valence-corrected chi connectivity index (χ0v) is 27.3. The molecule has 1 heterocycles. The van der Waals surface area contributed by atoms with Crippen LogP contribution in [0.25, 0.3) is 0 Å². The fraction of sp³-hybridized carbons (Fsp3) is 0.944. The zero-order chi connectivity index (χ0) is 30.3. The van der Waals surface area contributed by atoms with E-state index < -0.39 is 17.0 Å². The Hall–Kier alpha value is -1.14. The molecule has 1 aliphatic heterocycles.